The molecule has 0 saturated carbocycles. The number of carbonyl (C=O) groups excluding carboxylic acids is 1. The summed E-state index contributed by atoms with van der Waals surface area (Å²) >= 11 is 0. The summed E-state index contributed by atoms with van der Waals surface area (Å²) < 4.78 is 0. The summed E-state index contributed by atoms with van der Waals surface area (Å²) in [6.07, 6.45) is 0. The number of nitrogens with zero attached hydrogens (tertiary/aromatic N) is 4. The Morgan fingerprint density at radius 1 is 1.06 bits per heavy atom. The Labute approximate surface area is 202 Å². The van der Waals surface area contributed by atoms with Crippen molar-refractivity contribution < 1.29 is 9.90 Å². The molecule has 180 valence electrons. The first-order valence-corrected chi connectivity index (χ1v) is 11.7. The molecule has 1 fully saturated rings. The van der Waals surface area contributed by atoms with Crippen molar-refractivity contribution in [1.82, 2.24) is 25.1 Å². The number of aliphatic hydroxyl groups is 1. The minimum absolute atomic E-state index is 0.0162. The molecular weight excluding hydrogens is 444 g/mol. The van der Waals surface area contributed by atoms with Crippen LogP contribution in [0.5, 0.6) is 0 Å². The van der Waals surface area contributed by atoms with Crippen LogP contribution in [-0.2, 0) is 5.41 Å². The summed E-state index contributed by atoms with van der Waals surface area (Å²) in [5.74, 6) is 0.508. The largest absolute Gasteiger partial charge is 0.395 e. The van der Waals surface area contributed by atoms with E-state index in [4.69, 9.17) is 0 Å². The lowest BCUT2D eigenvalue weighted by Crippen LogP contribution is -2.49. The van der Waals surface area contributed by atoms with Gasteiger partial charge in [0.1, 0.15) is 0 Å². The van der Waals surface area contributed by atoms with Gasteiger partial charge in [0.25, 0.3) is 11.5 Å². The standard InChI is InChI=1S/C26H28N6O3/c1-26(2,16-33)22-15-21(29-30-22)17-7-9-18(10-8-17)24(35)31-11-13-32(14-12-31)25-27-20-6-4-3-5-19(20)23(34)28-25/h3-10,15,33H,11-14,16H2,1-2H3,(H,29,30)(H,27,28,34). The van der Waals surface area contributed by atoms with E-state index in [1.807, 2.05) is 72.2 Å². The topological polar surface area (TPSA) is 118 Å². The van der Waals surface area contributed by atoms with Crippen LogP contribution in [0.3, 0.4) is 0 Å². The number of rotatable bonds is 5. The highest BCUT2D eigenvalue weighted by Gasteiger charge is 2.25. The smallest absolute Gasteiger partial charge is 0.260 e. The normalized spacial score (nSPS) is 14.5. The number of para-hydroxylation sites is 1. The minimum Gasteiger partial charge on any atom is -0.395 e. The first-order chi connectivity index (χ1) is 16.9. The highest BCUT2D eigenvalue weighted by atomic mass is 16.3. The van der Waals surface area contributed by atoms with Gasteiger partial charge in [0.15, 0.2) is 0 Å². The molecule has 2 aromatic heterocycles. The molecule has 35 heavy (non-hydrogen) atoms. The molecule has 2 aromatic carbocycles. The van der Waals surface area contributed by atoms with E-state index in [1.165, 1.54) is 0 Å². The van der Waals surface area contributed by atoms with Crippen molar-refractivity contribution in [2.24, 2.45) is 0 Å². The van der Waals surface area contributed by atoms with Gasteiger partial charge in [-0.05, 0) is 30.3 Å². The van der Waals surface area contributed by atoms with Gasteiger partial charge in [-0.2, -0.15) is 5.10 Å². The molecule has 0 atom stereocenters. The van der Waals surface area contributed by atoms with Crippen molar-refractivity contribution in [3.63, 3.8) is 0 Å². The summed E-state index contributed by atoms with van der Waals surface area (Å²) in [5.41, 5.74) is 3.24. The summed E-state index contributed by atoms with van der Waals surface area (Å²) in [6.45, 7) is 6.15. The van der Waals surface area contributed by atoms with Crippen LogP contribution in [0, 0.1) is 0 Å². The van der Waals surface area contributed by atoms with Crippen molar-refractivity contribution in [2.45, 2.75) is 19.3 Å². The number of H-pyrrole nitrogens is 2. The van der Waals surface area contributed by atoms with Crippen LogP contribution in [0.2, 0.25) is 0 Å². The Balaban J connectivity index is 1.25. The fourth-order valence-corrected chi connectivity index (χ4v) is 4.21. The summed E-state index contributed by atoms with van der Waals surface area (Å²) in [4.78, 5) is 36.8. The molecule has 0 bridgehead atoms. The summed E-state index contributed by atoms with van der Waals surface area (Å²) in [7, 11) is 0. The van der Waals surface area contributed by atoms with Crippen molar-refractivity contribution in [3.8, 4) is 11.3 Å². The Kier molecular flexibility index (Phi) is 5.86. The van der Waals surface area contributed by atoms with Gasteiger partial charge in [-0.3, -0.25) is 19.7 Å². The highest BCUT2D eigenvalue weighted by molar-refractivity contribution is 5.94. The Morgan fingerprint density at radius 2 is 1.77 bits per heavy atom. The molecule has 3 heterocycles. The molecule has 0 aliphatic carbocycles. The molecule has 9 heteroatoms. The maximum absolute atomic E-state index is 13.1. The maximum atomic E-state index is 13.1. The van der Waals surface area contributed by atoms with Crippen LogP contribution in [0.25, 0.3) is 22.2 Å². The molecule has 9 nitrogen and oxygen atoms in total. The molecule has 1 amide bonds. The second-order valence-electron chi connectivity index (χ2n) is 9.47. The van der Waals surface area contributed by atoms with Crippen molar-refractivity contribution in [3.05, 3.63) is 76.2 Å². The Hall–Kier alpha value is -3.98. The van der Waals surface area contributed by atoms with Crippen LogP contribution in [0.1, 0.15) is 29.9 Å². The van der Waals surface area contributed by atoms with Gasteiger partial charge in [-0.25, -0.2) is 4.98 Å². The SMILES string of the molecule is CC(C)(CO)c1cc(-c2ccc(C(=O)N3CCN(c4nc5ccccc5c(=O)[nH]4)CC3)cc2)n[nH]1. The van der Waals surface area contributed by atoms with Gasteiger partial charge in [0, 0.05) is 48.4 Å². The van der Waals surface area contributed by atoms with Gasteiger partial charge >= 0.3 is 0 Å². The molecule has 1 saturated heterocycles. The predicted molar refractivity (Wildman–Crippen MR) is 135 cm³/mol. The monoisotopic (exact) mass is 472 g/mol. The molecule has 5 rings (SSSR count). The van der Waals surface area contributed by atoms with E-state index in [2.05, 4.69) is 20.2 Å². The molecule has 4 aromatic rings. The summed E-state index contributed by atoms with van der Waals surface area (Å²) in [5, 5.41) is 17.5. The molecule has 0 radical (unpaired) electrons. The average Bonchev–Trinajstić information content (AvgIpc) is 3.40. The van der Waals surface area contributed by atoms with Gasteiger partial charge < -0.3 is 14.9 Å². The van der Waals surface area contributed by atoms with Crippen LogP contribution in [-0.4, -0.2) is 68.9 Å². The lowest BCUT2D eigenvalue weighted by atomic mass is 9.90. The van der Waals surface area contributed by atoms with Gasteiger partial charge in [0.05, 0.1) is 23.2 Å². The van der Waals surface area contributed by atoms with Crippen LogP contribution in [0.15, 0.2) is 59.4 Å². The number of nitrogens with one attached hydrogen (secondary N) is 2. The van der Waals surface area contributed by atoms with Crippen LogP contribution < -0.4 is 10.5 Å². The van der Waals surface area contributed by atoms with Gasteiger partial charge in [-0.15, -0.1) is 0 Å². The molecule has 1 aliphatic rings. The Morgan fingerprint density at radius 3 is 2.49 bits per heavy atom. The third-order valence-electron chi connectivity index (χ3n) is 6.60. The lowest BCUT2D eigenvalue weighted by Gasteiger charge is -2.35. The van der Waals surface area contributed by atoms with Crippen molar-refractivity contribution in [1.29, 1.82) is 0 Å². The number of aromatic nitrogens is 4. The van der Waals surface area contributed by atoms with E-state index in [0.29, 0.717) is 48.6 Å². The van der Waals surface area contributed by atoms with E-state index in [0.717, 1.165) is 17.0 Å². The van der Waals surface area contributed by atoms with Gasteiger partial charge in [-0.1, -0.05) is 38.1 Å². The number of anilines is 1. The fraction of sp³-hybridized carbons (Fsp3) is 0.308. The van der Waals surface area contributed by atoms with E-state index in [-0.39, 0.29) is 18.1 Å². The second kappa shape index (κ2) is 8.99. The maximum Gasteiger partial charge on any atom is 0.260 e. The minimum atomic E-state index is -0.404. The third-order valence-corrected chi connectivity index (χ3v) is 6.60. The number of aliphatic hydroxyl groups excluding tert-OH is 1. The average molecular weight is 473 g/mol. The zero-order valence-corrected chi connectivity index (χ0v) is 19.8. The van der Waals surface area contributed by atoms with Crippen LogP contribution in [0.4, 0.5) is 5.95 Å². The predicted octanol–water partition coefficient (Wildman–Crippen LogP) is 2.55. The molecular formula is C26H28N6O3. The quantitative estimate of drug-likeness (QED) is 0.411. The number of carbonyl (C=O) groups is 1. The molecule has 1 aliphatic heterocycles. The number of piperazine rings is 1. The summed E-state index contributed by atoms with van der Waals surface area (Å²) in [6, 6.07) is 16.6. The fourth-order valence-electron chi connectivity index (χ4n) is 4.21. The first-order valence-electron chi connectivity index (χ1n) is 11.7. The zero-order valence-electron chi connectivity index (χ0n) is 19.8. The number of aromatic amines is 2. The highest BCUT2D eigenvalue weighted by Crippen LogP contribution is 2.26. The van der Waals surface area contributed by atoms with E-state index < -0.39 is 5.41 Å². The van der Waals surface area contributed by atoms with Crippen molar-refractivity contribution >= 4 is 22.8 Å². The number of benzene rings is 2. The van der Waals surface area contributed by atoms with Crippen molar-refractivity contribution in [2.75, 3.05) is 37.7 Å². The lowest BCUT2D eigenvalue weighted by molar-refractivity contribution is 0.0746. The van der Waals surface area contributed by atoms with E-state index in [9.17, 15) is 14.7 Å². The van der Waals surface area contributed by atoms with Gasteiger partial charge in [0.2, 0.25) is 5.95 Å². The number of amides is 1. The molecule has 3 N–H and O–H groups in total. The number of hydrogen-bond donors (Lipinski definition) is 3. The number of fused-ring (bicyclic) bond motifs is 1. The second-order valence-corrected chi connectivity index (χ2v) is 9.47. The molecule has 0 unspecified atom stereocenters. The van der Waals surface area contributed by atoms with Crippen LogP contribution >= 0.6 is 0 Å². The Bertz CT molecular complexity index is 1420. The first kappa shape index (κ1) is 22.8. The number of hydrogen-bond acceptors (Lipinski definition) is 6. The third kappa shape index (κ3) is 4.42. The van der Waals surface area contributed by atoms with E-state index >= 15 is 0 Å². The molecule has 0 spiro atoms. The van der Waals surface area contributed by atoms with E-state index in [1.54, 1.807) is 6.07 Å². The zero-order chi connectivity index (χ0) is 24.6.